The Labute approximate surface area is 120 Å². The van der Waals surface area contributed by atoms with Gasteiger partial charge >= 0.3 is 0 Å². The number of aliphatic hydroxyl groups excluding tert-OH is 1. The summed E-state index contributed by atoms with van der Waals surface area (Å²) >= 11 is 0. The van der Waals surface area contributed by atoms with Crippen LogP contribution in [0, 0.1) is 5.92 Å². The number of aromatic nitrogens is 2. The Kier molecular flexibility index (Phi) is 4.18. The molecule has 112 valence electrons. The highest BCUT2D eigenvalue weighted by atomic mass is 16.3. The third-order valence-electron chi connectivity index (χ3n) is 4.07. The molecule has 1 fully saturated rings. The molecule has 1 saturated heterocycles. The first-order valence-corrected chi connectivity index (χ1v) is 7.32. The molecule has 0 saturated carbocycles. The van der Waals surface area contributed by atoms with E-state index in [9.17, 15) is 9.90 Å². The van der Waals surface area contributed by atoms with Crippen molar-refractivity contribution in [1.29, 1.82) is 0 Å². The number of hydrogen-bond acceptors (Lipinski definition) is 4. The molecular weight excluding hydrogens is 254 g/mol. The SMILES string of the molecule is CC(O)C1CCN(c2nccn(C(C)(C)C)c2=O)CC1. The number of aliphatic hydroxyl groups is 1. The first-order valence-electron chi connectivity index (χ1n) is 7.32. The van der Waals surface area contributed by atoms with E-state index in [2.05, 4.69) is 4.98 Å². The quantitative estimate of drug-likeness (QED) is 0.893. The number of nitrogens with zero attached hydrogens (tertiary/aromatic N) is 3. The van der Waals surface area contributed by atoms with Gasteiger partial charge < -0.3 is 14.6 Å². The molecule has 0 spiro atoms. The van der Waals surface area contributed by atoms with Gasteiger partial charge in [0.15, 0.2) is 5.82 Å². The summed E-state index contributed by atoms with van der Waals surface area (Å²) < 4.78 is 1.73. The summed E-state index contributed by atoms with van der Waals surface area (Å²) in [5, 5.41) is 9.64. The zero-order chi connectivity index (χ0) is 14.9. The lowest BCUT2D eigenvalue weighted by Gasteiger charge is -2.34. The number of anilines is 1. The fourth-order valence-corrected chi connectivity index (χ4v) is 2.74. The summed E-state index contributed by atoms with van der Waals surface area (Å²) in [5.41, 5.74) is -0.275. The summed E-state index contributed by atoms with van der Waals surface area (Å²) in [4.78, 5) is 18.9. The molecule has 5 heteroatoms. The van der Waals surface area contributed by atoms with Crippen LogP contribution in [-0.2, 0) is 5.54 Å². The van der Waals surface area contributed by atoms with Crippen LogP contribution in [0.15, 0.2) is 17.2 Å². The van der Waals surface area contributed by atoms with E-state index in [0.717, 1.165) is 25.9 Å². The maximum Gasteiger partial charge on any atom is 0.293 e. The van der Waals surface area contributed by atoms with Crippen LogP contribution in [0.2, 0.25) is 0 Å². The van der Waals surface area contributed by atoms with Crippen LogP contribution in [0.1, 0.15) is 40.5 Å². The highest BCUT2D eigenvalue weighted by Crippen LogP contribution is 2.23. The topological polar surface area (TPSA) is 58.4 Å². The third-order valence-corrected chi connectivity index (χ3v) is 4.07. The van der Waals surface area contributed by atoms with Crippen LogP contribution < -0.4 is 10.5 Å². The van der Waals surface area contributed by atoms with E-state index in [1.54, 1.807) is 17.0 Å². The van der Waals surface area contributed by atoms with Crippen LogP contribution in [0.3, 0.4) is 0 Å². The smallest absolute Gasteiger partial charge is 0.293 e. The molecule has 1 N–H and O–H groups in total. The molecule has 1 aliphatic rings. The van der Waals surface area contributed by atoms with Crippen molar-refractivity contribution in [2.75, 3.05) is 18.0 Å². The minimum absolute atomic E-state index is 0.0319. The summed E-state index contributed by atoms with van der Waals surface area (Å²) in [5.74, 6) is 0.867. The van der Waals surface area contributed by atoms with Crippen LogP contribution >= 0.6 is 0 Å². The Morgan fingerprint density at radius 2 is 1.95 bits per heavy atom. The number of hydrogen-bond donors (Lipinski definition) is 1. The Morgan fingerprint density at radius 1 is 1.35 bits per heavy atom. The van der Waals surface area contributed by atoms with Crippen molar-refractivity contribution in [3.8, 4) is 0 Å². The Balaban J connectivity index is 2.21. The number of piperidine rings is 1. The minimum atomic E-state index is -0.271. The molecule has 1 aromatic rings. The van der Waals surface area contributed by atoms with E-state index in [4.69, 9.17) is 0 Å². The molecule has 0 radical (unpaired) electrons. The zero-order valence-electron chi connectivity index (χ0n) is 12.8. The van der Waals surface area contributed by atoms with Gasteiger partial charge in [0.05, 0.1) is 6.10 Å². The van der Waals surface area contributed by atoms with Crippen molar-refractivity contribution < 1.29 is 5.11 Å². The average Bonchev–Trinajstić information content (AvgIpc) is 2.37. The van der Waals surface area contributed by atoms with Gasteiger partial charge in [0, 0.05) is 31.0 Å². The first-order chi connectivity index (χ1) is 9.30. The van der Waals surface area contributed by atoms with Gasteiger partial charge in [-0.2, -0.15) is 0 Å². The molecule has 0 aromatic carbocycles. The minimum Gasteiger partial charge on any atom is -0.393 e. The fraction of sp³-hybridized carbons (Fsp3) is 0.733. The van der Waals surface area contributed by atoms with Crippen LogP contribution in [0.4, 0.5) is 5.82 Å². The van der Waals surface area contributed by atoms with Gasteiger partial charge in [-0.15, -0.1) is 0 Å². The van der Waals surface area contributed by atoms with E-state index in [0.29, 0.717) is 11.7 Å². The van der Waals surface area contributed by atoms with Crippen molar-refractivity contribution in [2.45, 2.75) is 52.2 Å². The van der Waals surface area contributed by atoms with Crippen molar-refractivity contribution in [3.63, 3.8) is 0 Å². The second-order valence-electron chi connectivity index (χ2n) is 6.66. The second-order valence-corrected chi connectivity index (χ2v) is 6.66. The standard InChI is InChI=1S/C15H25N3O2/c1-11(19)12-5-8-17(9-6-12)13-14(20)18(10-7-16-13)15(2,3)4/h7,10-12,19H,5-6,8-9H2,1-4H3. The van der Waals surface area contributed by atoms with Gasteiger partial charge in [-0.25, -0.2) is 4.98 Å². The molecule has 0 bridgehead atoms. The van der Waals surface area contributed by atoms with Crippen molar-refractivity contribution >= 4 is 5.82 Å². The normalized spacial score (nSPS) is 19.1. The summed E-state index contributed by atoms with van der Waals surface area (Å²) in [6.07, 6.45) is 4.98. The molecular formula is C15H25N3O2. The number of rotatable bonds is 2. The lowest BCUT2D eigenvalue weighted by molar-refractivity contribution is 0.109. The predicted octanol–water partition coefficient (Wildman–Crippen LogP) is 1.60. The molecule has 1 aromatic heterocycles. The molecule has 0 aliphatic carbocycles. The lowest BCUT2D eigenvalue weighted by Crippen LogP contribution is -2.43. The van der Waals surface area contributed by atoms with E-state index >= 15 is 0 Å². The van der Waals surface area contributed by atoms with E-state index in [1.807, 2.05) is 32.6 Å². The monoisotopic (exact) mass is 279 g/mol. The summed E-state index contributed by atoms with van der Waals surface area (Å²) in [7, 11) is 0. The third kappa shape index (κ3) is 3.03. The van der Waals surface area contributed by atoms with Crippen molar-refractivity contribution in [1.82, 2.24) is 9.55 Å². The van der Waals surface area contributed by atoms with E-state index < -0.39 is 0 Å². The molecule has 0 amide bonds. The predicted molar refractivity (Wildman–Crippen MR) is 80.1 cm³/mol. The van der Waals surface area contributed by atoms with Crippen LogP contribution in [0.25, 0.3) is 0 Å². The highest BCUT2D eigenvalue weighted by Gasteiger charge is 2.26. The van der Waals surface area contributed by atoms with Crippen LogP contribution in [-0.4, -0.2) is 33.9 Å². The first kappa shape index (κ1) is 15.0. The maximum absolute atomic E-state index is 12.5. The highest BCUT2D eigenvalue weighted by molar-refractivity contribution is 5.36. The molecule has 5 nitrogen and oxygen atoms in total. The van der Waals surface area contributed by atoms with Crippen molar-refractivity contribution in [3.05, 3.63) is 22.7 Å². The van der Waals surface area contributed by atoms with E-state index in [1.165, 1.54) is 0 Å². The summed E-state index contributed by atoms with van der Waals surface area (Å²) in [6, 6.07) is 0. The van der Waals surface area contributed by atoms with Gasteiger partial charge in [0.25, 0.3) is 5.56 Å². The lowest BCUT2D eigenvalue weighted by atomic mass is 9.92. The summed E-state index contributed by atoms with van der Waals surface area (Å²) in [6.45, 7) is 9.44. The van der Waals surface area contributed by atoms with Crippen molar-refractivity contribution in [2.24, 2.45) is 5.92 Å². The van der Waals surface area contributed by atoms with Gasteiger partial charge in [-0.05, 0) is 46.5 Å². The Morgan fingerprint density at radius 3 is 2.45 bits per heavy atom. The second kappa shape index (κ2) is 5.56. The van der Waals surface area contributed by atoms with E-state index in [-0.39, 0.29) is 17.2 Å². The zero-order valence-corrected chi connectivity index (χ0v) is 12.8. The molecule has 20 heavy (non-hydrogen) atoms. The average molecular weight is 279 g/mol. The van der Waals surface area contributed by atoms with Crippen LogP contribution in [0.5, 0.6) is 0 Å². The molecule has 2 rings (SSSR count). The largest absolute Gasteiger partial charge is 0.393 e. The Bertz CT molecular complexity index is 509. The molecule has 1 unspecified atom stereocenters. The van der Waals surface area contributed by atoms with Gasteiger partial charge in [-0.3, -0.25) is 4.79 Å². The molecule has 1 aliphatic heterocycles. The molecule has 1 atom stereocenters. The van der Waals surface area contributed by atoms with Gasteiger partial charge in [0.1, 0.15) is 0 Å². The fourth-order valence-electron chi connectivity index (χ4n) is 2.74. The molecule has 2 heterocycles. The van der Waals surface area contributed by atoms with Gasteiger partial charge in [-0.1, -0.05) is 0 Å². The Hall–Kier alpha value is -1.36. The van der Waals surface area contributed by atoms with Gasteiger partial charge in [0.2, 0.25) is 0 Å². The maximum atomic E-state index is 12.5.